The SMILES string of the molecule is COc1nc2ccc(C(O)(C#C[Si](C)(C)C)C3CN(C(=O)O)C3C(C)(C)C)cc2c(Cl)c1Cc1ccc(C(F)(F)F)cc1. The van der Waals surface area contributed by atoms with Crippen LogP contribution < -0.4 is 4.74 Å². The first kappa shape index (κ1) is 32.6. The predicted octanol–water partition coefficient (Wildman–Crippen LogP) is 7.60. The number of benzene rings is 2. The Morgan fingerprint density at radius 2 is 1.72 bits per heavy atom. The van der Waals surface area contributed by atoms with Crippen molar-refractivity contribution in [2.24, 2.45) is 11.3 Å². The Morgan fingerprint density at radius 3 is 2.23 bits per heavy atom. The van der Waals surface area contributed by atoms with E-state index in [2.05, 4.69) is 36.1 Å². The molecule has 2 heterocycles. The van der Waals surface area contributed by atoms with E-state index in [0.717, 1.165) is 12.1 Å². The number of carboxylic acid groups (broad SMARTS) is 1. The molecule has 1 saturated heterocycles. The molecule has 1 fully saturated rings. The third-order valence-electron chi connectivity index (χ3n) is 7.68. The largest absolute Gasteiger partial charge is 0.481 e. The van der Waals surface area contributed by atoms with Crippen molar-refractivity contribution < 1.29 is 32.9 Å². The molecule has 3 unspecified atom stereocenters. The Kier molecular flexibility index (Phi) is 8.61. The number of fused-ring (bicyclic) bond motifs is 1. The fourth-order valence-corrected chi connectivity index (χ4v) is 6.48. The molecule has 1 aromatic heterocycles. The van der Waals surface area contributed by atoms with Crippen LogP contribution in [0.5, 0.6) is 5.88 Å². The summed E-state index contributed by atoms with van der Waals surface area (Å²) in [5.74, 6) is 2.89. The Morgan fingerprint density at radius 1 is 1.12 bits per heavy atom. The minimum Gasteiger partial charge on any atom is -0.481 e. The van der Waals surface area contributed by atoms with E-state index in [0.29, 0.717) is 27.6 Å². The van der Waals surface area contributed by atoms with Crippen molar-refractivity contribution in [3.63, 3.8) is 0 Å². The van der Waals surface area contributed by atoms with Crippen LogP contribution in [0.1, 0.15) is 43.0 Å². The van der Waals surface area contributed by atoms with Crippen molar-refractivity contribution in [3.8, 4) is 17.3 Å². The Balaban J connectivity index is 1.85. The fourth-order valence-electron chi connectivity index (χ4n) is 5.61. The van der Waals surface area contributed by atoms with E-state index in [1.54, 1.807) is 18.2 Å². The number of amides is 1. The normalized spacial score (nSPS) is 18.8. The van der Waals surface area contributed by atoms with E-state index in [-0.39, 0.29) is 23.9 Å². The number of halogens is 4. The molecule has 3 aromatic rings. The van der Waals surface area contributed by atoms with Gasteiger partial charge in [0.15, 0.2) is 5.60 Å². The first-order valence-electron chi connectivity index (χ1n) is 13.9. The number of aromatic nitrogens is 1. The number of likely N-dealkylation sites (tertiary alicyclic amines) is 1. The molecule has 43 heavy (non-hydrogen) atoms. The second kappa shape index (κ2) is 11.3. The van der Waals surface area contributed by atoms with Crippen LogP contribution in [-0.4, -0.2) is 54.0 Å². The Bertz CT molecular complexity index is 1600. The van der Waals surface area contributed by atoms with Gasteiger partial charge >= 0.3 is 12.3 Å². The Hall–Kier alpha value is -3.26. The summed E-state index contributed by atoms with van der Waals surface area (Å²) in [6.07, 6.45) is -5.34. The highest BCUT2D eigenvalue weighted by Gasteiger charge is 2.57. The monoisotopic (exact) mass is 632 g/mol. The van der Waals surface area contributed by atoms with Gasteiger partial charge in [-0.25, -0.2) is 9.78 Å². The highest BCUT2D eigenvalue weighted by atomic mass is 35.5. The lowest BCUT2D eigenvalue weighted by molar-refractivity contribution is -0.137. The zero-order valence-electron chi connectivity index (χ0n) is 25.2. The van der Waals surface area contributed by atoms with Crippen LogP contribution in [0, 0.1) is 22.8 Å². The average molecular weight is 633 g/mol. The second-order valence-corrected chi connectivity index (χ2v) is 18.3. The van der Waals surface area contributed by atoms with Gasteiger partial charge in [0, 0.05) is 35.9 Å². The van der Waals surface area contributed by atoms with E-state index in [1.807, 2.05) is 20.8 Å². The summed E-state index contributed by atoms with van der Waals surface area (Å²) in [6, 6.07) is 9.48. The maximum atomic E-state index is 13.1. The number of nitrogens with zero attached hydrogens (tertiary/aromatic N) is 2. The van der Waals surface area contributed by atoms with Gasteiger partial charge in [0.05, 0.1) is 23.2 Å². The molecule has 1 aliphatic heterocycles. The van der Waals surface area contributed by atoms with E-state index in [9.17, 15) is 28.2 Å². The molecule has 0 spiro atoms. The van der Waals surface area contributed by atoms with Gasteiger partial charge in [0.25, 0.3) is 0 Å². The van der Waals surface area contributed by atoms with Crippen molar-refractivity contribution >= 4 is 36.7 Å². The third-order valence-corrected chi connectivity index (χ3v) is 8.99. The number of carbonyl (C=O) groups is 1. The second-order valence-electron chi connectivity index (χ2n) is 13.1. The van der Waals surface area contributed by atoms with Crippen LogP contribution in [-0.2, 0) is 18.2 Å². The van der Waals surface area contributed by atoms with Crippen LogP contribution >= 0.6 is 11.6 Å². The first-order valence-corrected chi connectivity index (χ1v) is 17.7. The third kappa shape index (κ3) is 6.64. The molecule has 1 aliphatic rings. The zero-order chi connectivity index (χ0) is 32.1. The quantitative estimate of drug-likeness (QED) is 0.224. The number of alkyl halides is 3. The van der Waals surface area contributed by atoms with E-state index in [4.69, 9.17) is 16.3 Å². The van der Waals surface area contributed by atoms with E-state index < -0.39 is 48.9 Å². The topological polar surface area (TPSA) is 82.9 Å². The first-order chi connectivity index (χ1) is 19.8. The molecule has 1 amide bonds. The summed E-state index contributed by atoms with van der Waals surface area (Å²) in [5, 5.41) is 23.0. The van der Waals surface area contributed by atoms with Crippen LogP contribution in [0.15, 0.2) is 42.5 Å². The highest BCUT2D eigenvalue weighted by Crippen LogP contribution is 2.48. The molecule has 2 aromatic carbocycles. The molecule has 0 saturated carbocycles. The van der Waals surface area contributed by atoms with Gasteiger partial charge in [0.2, 0.25) is 5.88 Å². The van der Waals surface area contributed by atoms with Crippen LogP contribution in [0.4, 0.5) is 18.0 Å². The Labute approximate surface area is 255 Å². The zero-order valence-corrected chi connectivity index (χ0v) is 27.0. The minimum atomic E-state index is -4.45. The summed E-state index contributed by atoms with van der Waals surface area (Å²) in [6.45, 7) is 12.1. The van der Waals surface area contributed by atoms with Crippen molar-refractivity contribution in [1.82, 2.24) is 9.88 Å². The van der Waals surface area contributed by atoms with Gasteiger partial charge in [-0.1, -0.05) is 76.1 Å². The smallest absolute Gasteiger partial charge is 0.416 e. The summed E-state index contributed by atoms with van der Waals surface area (Å²) in [5.41, 5.74) is 2.40. The van der Waals surface area contributed by atoms with Crippen molar-refractivity contribution in [2.75, 3.05) is 13.7 Å². The fraction of sp³-hybridized carbons (Fsp3) is 0.438. The number of ether oxygens (including phenoxy) is 1. The van der Waals surface area contributed by atoms with Crippen LogP contribution in [0.2, 0.25) is 24.7 Å². The lowest BCUT2D eigenvalue weighted by Gasteiger charge is -2.56. The lowest BCUT2D eigenvalue weighted by atomic mass is 9.64. The number of hydrogen-bond acceptors (Lipinski definition) is 4. The van der Waals surface area contributed by atoms with Crippen molar-refractivity contribution in [3.05, 3.63) is 69.7 Å². The summed E-state index contributed by atoms with van der Waals surface area (Å²) in [4.78, 5) is 18.0. The van der Waals surface area contributed by atoms with Crippen molar-refractivity contribution in [2.45, 2.75) is 64.7 Å². The molecule has 11 heteroatoms. The van der Waals surface area contributed by atoms with E-state index >= 15 is 0 Å². The minimum absolute atomic E-state index is 0.111. The maximum Gasteiger partial charge on any atom is 0.416 e. The molecule has 6 nitrogen and oxygen atoms in total. The molecule has 3 atom stereocenters. The van der Waals surface area contributed by atoms with E-state index in [1.165, 1.54) is 24.1 Å². The van der Waals surface area contributed by atoms with Gasteiger partial charge in [0.1, 0.15) is 8.07 Å². The molecule has 2 N–H and O–H groups in total. The van der Waals surface area contributed by atoms with Gasteiger partial charge in [-0.05, 0) is 40.8 Å². The number of pyridine rings is 1. The molecule has 0 aliphatic carbocycles. The number of hydrogen-bond donors (Lipinski definition) is 2. The molecule has 4 rings (SSSR count). The maximum absolute atomic E-state index is 13.1. The summed E-state index contributed by atoms with van der Waals surface area (Å²) in [7, 11) is -0.521. The molecule has 230 valence electrons. The van der Waals surface area contributed by atoms with Gasteiger partial charge < -0.3 is 19.8 Å². The highest BCUT2D eigenvalue weighted by molar-refractivity contribution is 6.83. The number of methoxy groups -OCH3 is 1. The van der Waals surface area contributed by atoms with Gasteiger partial charge in [-0.3, -0.25) is 0 Å². The lowest BCUT2D eigenvalue weighted by Crippen LogP contribution is -2.68. The van der Waals surface area contributed by atoms with Crippen LogP contribution in [0.25, 0.3) is 10.9 Å². The molecule has 0 bridgehead atoms. The standard InChI is InChI=1S/C32H36ClF3N2O4Si/c1-30(2,3)27-24(18-38(27)29(39)40)31(41,14-15-43(5,6)7)21-12-13-25-22(17-21)26(33)23(28(37-25)42-4)16-19-8-10-20(11-9-19)32(34,35)36/h8-13,17,24,27,41H,16,18H2,1-7H3,(H,39,40). The summed E-state index contributed by atoms with van der Waals surface area (Å²) < 4.78 is 44.8. The average Bonchev–Trinajstić information content (AvgIpc) is 2.86. The molecular formula is C32H36ClF3N2O4Si. The number of rotatable bonds is 5. The number of aliphatic hydroxyl groups is 1. The van der Waals surface area contributed by atoms with Gasteiger partial charge in [-0.2, -0.15) is 13.2 Å². The van der Waals surface area contributed by atoms with Crippen molar-refractivity contribution in [1.29, 1.82) is 0 Å². The molecular weight excluding hydrogens is 597 g/mol. The summed E-state index contributed by atoms with van der Waals surface area (Å²) >= 11 is 6.95. The predicted molar refractivity (Wildman–Crippen MR) is 164 cm³/mol. The van der Waals surface area contributed by atoms with Gasteiger partial charge in [-0.15, -0.1) is 5.54 Å². The molecule has 0 radical (unpaired) electrons. The van der Waals surface area contributed by atoms with Crippen LogP contribution in [0.3, 0.4) is 0 Å².